The molecule has 1 saturated heterocycles. The molecule has 1 aliphatic heterocycles. The maximum Gasteiger partial charge on any atom is 0.256 e. The highest BCUT2D eigenvalue weighted by Crippen LogP contribution is 2.51. The first-order valence-electron chi connectivity index (χ1n) is 8.67. The maximum absolute atomic E-state index is 12.9. The molecule has 2 N–H and O–H groups in total. The monoisotopic (exact) mass is 329 g/mol. The summed E-state index contributed by atoms with van der Waals surface area (Å²) in [7, 11) is 0. The van der Waals surface area contributed by atoms with Crippen molar-refractivity contribution in [3.63, 3.8) is 0 Å². The molecule has 128 valence electrons. The van der Waals surface area contributed by atoms with Crippen LogP contribution in [0, 0.1) is 5.41 Å². The lowest BCUT2D eigenvalue weighted by molar-refractivity contribution is -0.207. The standard InChI is InChI=1S/C18H23N3O3/c1-2-24-15-10-14(22)18(15)5-8-21(9-6-18)17(23)13-11-20-16-12(13)4-3-7-19-16/h3-4,7,11,14-15,22H,2,5-6,8-10H2,1H3,(H,19,20). The summed E-state index contributed by atoms with van der Waals surface area (Å²) in [6.07, 6.45) is 5.59. The number of aliphatic hydroxyl groups is 1. The van der Waals surface area contributed by atoms with Gasteiger partial charge in [0.2, 0.25) is 0 Å². The molecular weight excluding hydrogens is 306 g/mol. The molecule has 1 saturated carbocycles. The Bertz CT molecular complexity index is 747. The molecule has 0 bridgehead atoms. The number of pyridine rings is 1. The van der Waals surface area contributed by atoms with E-state index in [0.717, 1.165) is 30.3 Å². The van der Waals surface area contributed by atoms with E-state index in [1.165, 1.54) is 0 Å². The second kappa shape index (κ2) is 5.86. The molecule has 2 aromatic heterocycles. The van der Waals surface area contributed by atoms with Crippen molar-refractivity contribution in [1.29, 1.82) is 0 Å². The molecule has 2 atom stereocenters. The molecule has 1 aliphatic carbocycles. The third kappa shape index (κ3) is 2.24. The van der Waals surface area contributed by atoms with Crippen LogP contribution < -0.4 is 0 Å². The van der Waals surface area contributed by atoms with Crippen LogP contribution >= 0.6 is 0 Å². The van der Waals surface area contributed by atoms with Crippen molar-refractivity contribution in [2.24, 2.45) is 5.41 Å². The molecule has 6 heteroatoms. The number of hydrogen-bond donors (Lipinski definition) is 2. The van der Waals surface area contributed by atoms with Crippen molar-refractivity contribution in [3.05, 3.63) is 30.1 Å². The van der Waals surface area contributed by atoms with Crippen molar-refractivity contribution < 1.29 is 14.6 Å². The van der Waals surface area contributed by atoms with Gasteiger partial charge in [0.15, 0.2) is 0 Å². The van der Waals surface area contributed by atoms with Gasteiger partial charge in [0.25, 0.3) is 5.91 Å². The van der Waals surface area contributed by atoms with Crippen LogP contribution in [0.5, 0.6) is 0 Å². The van der Waals surface area contributed by atoms with Crippen LogP contribution in [-0.2, 0) is 4.74 Å². The third-order valence-corrected chi connectivity index (χ3v) is 5.77. The number of ether oxygens (including phenoxy) is 1. The van der Waals surface area contributed by atoms with Gasteiger partial charge in [-0.3, -0.25) is 4.79 Å². The highest BCUT2D eigenvalue weighted by atomic mass is 16.5. The molecule has 4 rings (SSSR count). The molecule has 2 aliphatic rings. The van der Waals surface area contributed by atoms with Crippen LogP contribution in [0.4, 0.5) is 0 Å². The van der Waals surface area contributed by atoms with Gasteiger partial charge in [-0.25, -0.2) is 4.98 Å². The lowest BCUT2D eigenvalue weighted by Crippen LogP contribution is -2.62. The van der Waals surface area contributed by atoms with E-state index in [-0.39, 0.29) is 23.5 Å². The normalized spacial score (nSPS) is 25.8. The number of hydrogen-bond acceptors (Lipinski definition) is 4. The molecule has 1 spiro atoms. The second-order valence-corrected chi connectivity index (χ2v) is 6.82. The van der Waals surface area contributed by atoms with Gasteiger partial charge >= 0.3 is 0 Å². The summed E-state index contributed by atoms with van der Waals surface area (Å²) in [5, 5.41) is 11.1. The summed E-state index contributed by atoms with van der Waals surface area (Å²) in [6, 6.07) is 3.76. The molecular formula is C18H23N3O3. The van der Waals surface area contributed by atoms with Gasteiger partial charge in [0.05, 0.1) is 17.8 Å². The van der Waals surface area contributed by atoms with Crippen molar-refractivity contribution in [2.45, 2.75) is 38.4 Å². The van der Waals surface area contributed by atoms with Gasteiger partial charge in [-0.2, -0.15) is 0 Å². The van der Waals surface area contributed by atoms with E-state index in [9.17, 15) is 9.90 Å². The predicted octanol–water partition coefficient (Wildman–Crippen LogP) is 1.95. The first-order valence-corrected chi connectivity index (χ1v) is 8.67. The SMILES string of the molecule is CCOC1CC(O)C12CCN(C(=O)c1c[nH]c3ncccc13)CC2. The summed E-state index contributed by atoms with van der Waals surface area (Å²) in [6.45, 7) is 3.98. The number of aromatic amines is 1. The highest BCUT2D eigenvalue weighted by Gasteiger charge is 2.56. The van der Waals surface area contributed by atoms with E-state index in [4.69, 9.17) is 4.74 Å². The number of fused-ring (bicyclic) bond motifs is 1. The number of aliphatic hydroxyl groups excluding tert-OH is 1. The quantitative estimate of drug-likeness (QED) is 0.902. The number of carbonyl (C=O) groups is 1. The number of nitrogens with one attached hydrogen (secondary N) is 1. The fraction of sp³-hybridized carbons (Fsp3) is 0.556. The third-order valence-electron chi connectivity index (χ3n) is 5.77. The van der Waals surface area contributed by atoms with Crippen LogP contribution in [0.15, 0.2) is 24.5 Å². The molecule has 2 fully saturated rings. The van der Waals surface area contributed by atoms with E-state index < -0.39 is 0 Å². The summed E-state index contributed by atoms with van der Waals surface area (Å²) >= 11 is 0. The lowest BCUT2D eigenvalue weighted by Gasteiger charge is -2.56. The van der Waals surface area contributed by atoms with Crippen LogP contribution in [0.3, 0.4) is 0 Å². The van der Waals surface area contributed by atoms with Crippen molar-refractivity contribution in [2.75, 3.05) is 19.7 Å². The lowest BCUT2D eigenvalue weighted by atomic mass is 9.58. The summed E-state index contributed by atoms with van der Waals surface area (Å²) < 4.78 is 5.79. The minimum atomic E-state index is -0.302. The van der Waals surface area contributed by atoms with Gasteiger partial charge in [0, 0.05) is 49.3 Å². The second-order valence-electron chi connectivity index (χ2n) is 6.82. The zero-order chi connectivity index (χ0) is 16.7. The number of piperidine rings is 1. The van der Waals surface area contributed by atoms with E-state index >= 15 is 0 Å². The van der Waals surface area contributed by atoms with Gasteiger partial charge in [-0.05, 0) is 31.9 Å². The average molecular weight is 329 g/mol. The molecule has 6 nitrogen and oxygen atoms in total. The van der Waals surface area contributed by atoms with Gasteiger partial charge in [-0.15, -0.1) is 0 Å². The average Bonchev–Trinajstić information content (AvgIpc) is 3.05. The van der Waals surface area contributed by atoms with E-state index in [1.807, 2.05) is 24.0 Å². The Morgan fingerprint density at radius 1 is 1.50 bits per heavy atom. The van der Waals surface area contributed by atoms with Crippen molar-refractivity contribution in [1.82, 2.24) is 14.9 Å². The number of nitrogens with zero attached hydrogens (tertiary/aromatic N) is 2. The molecule has 24 heavy (non-hydrogen) atoms. The number of carbonyl (C=O) groups excluding carboxylic acids is 1. The Kier molecular flexibility index (Phi) is 3.81. The minimum Gasteiger partial charge on any atom is -0.392 e. The fourth-order valence-electron chi connectivity index (χ4n) is 4.25. The largest absolute Gasteiger partial charge is 0.392 e. The number of aromatic nitrogens is 2. The molecule has 2 aromatic rings. The van der Waals surface area contributed by atoms with Crippen LogP contribution in [0.25, 0.3) is 11.0 Å². The molecule has 2 unspecified atom stereocenters. The number of likely N-dealkylation sites (tertiary alicyclic amines) is 1. The summed E-state index contributed by atoms with van der Waals surface area (Å²) in [4.78, 5) is 22.0. The predicted molar refractivity (Wildman–Crippen MR) is 89.7 cm³/mol. The summed E-state index contributed by atoms with van der Waals surface area (Å²) in [5.41, 5.74) is 1.25. The topological polar surface area (TPSA) is 78.5 Å². The van der Waals surface area contributed by atoms with E-state index in [2.05, 4.69) is 9.97 Å². The van der Waals surface area contributed by atoms with Crippen molar-refractivity contribution >= 4 is 16.9 Å². The van der Waals surface area contributed by atoms with Gasteiger partial charge < -0.3 is 19.7 Å². The number of rotatable bonds is 3. The smallest absolute Gasteiger partial charge is 0.256 e. The Labute approximate surface area is 140 Å². The number of H-pyrrole nitrogens is 1. The first kappa shape index (κ1) is 15.6. The summed E-state index contributed by atoms with van der Waals surface area (Å²) in [5.74, 6) is 0.0332. The zero-order valence-corrected chi connectivity index (χ0v) is 13.9. The molecule has 3 heterocycles. The first-order chi connectivity index (χ1) is 11.7. The Hall–Kier alpha value is -1.92. The number of amides is 1. The molecule has 0 aromatic carbocycles. The highest BCUT2D eigenvalue weighted by molar-refractivity contribution is 6.05. The Morgan fingerprint density at radius 3 is 3.00 bits per heavy atom. The van der Waals surface area contributed by atoms with Gasteiger partial charge in [-0.1, -0.05) is 0 Å². The zero-order valence-electron chi connectivity index (χ0n) is 13.9. The molecule has 1 amide bonds. The molecule has 0 radical (unpaired) electrons. The van der Waals surface area contributed by atoms with Gasteiger partial charge in [0.1, 0.15) is 5.65 Å². The van der Waals surface area contributed by atoms with E-state index in [0.29, 0.717) is 25.3 Å². The maximum atomic E-state index is 12.9. The van der Waals surface area contributed by atoms with Crippen LogP contribution in [-0.4, -0.2) is 57.8 Å². The Morgan fingerprint density at radius 2 is 2.29 bits per heavy atom. The van der Waals surface area contributed by atoms with Crippen LogP contribution in [0.1, 0.15) is 36.5 Å². The van der Waals surface area contributed by atoms with Crippen molar-refractivity contribution in [3.8, 4) is 0 Å². The van der Waals surface area contributed by atoms with Crippen LogP contribution in [0.2, 0.25) is 0 Å². The van der Waals surface area contributed by atoms with E-state index in [1.54, 1.807) is 12.4 Å². The minimum absolute atomic E-state index is 0.0332. The Balaban J connectivity index is 1.49. The fourth-order valence-corrected chi connectivity index (χ4v) is 4.25.